The molecule has 3 aliphatic rings. The molecule has 0 saturated heterocycles. The van der Waals surface area contributed by atoms with Crippen LogP contribution in [0.25, 0.3) is 10.8 Å². The summed E-state index contributed by atoms with van der Waals surface area (Å²) in [6.07, 6.45) is 9.65. The van der Waals surface area contributed by atoms with Crippen LogP contribution in [0.1, 0.15) is 27.9 Å². The first-order chi connectivity index (χ1) is 10.3. The fourth-order valence-corrected chi connectivity index (χ4v) is 5.17. The van der Waals surface area contributed by atoms with Gasteiger partial charge in [-0.2, -0.15) is 0 Å². The van der Waals surface area contributed by atoms with Gasteiger partial charge in [0.2, 0.25) is 0 Å². The van der Waals surface area contributed by atoms with E-state index >= 15 is 0 Å². The number of fused-ring (bicyclic) bond motifs is 8. The van der Waals surface area contributed by atoms with Crippen molar-refractivity contribution < 1.29 is 4.79 Å². The molecule has 2 bridgehead atoms. The van der Waals surface area contributed by atoms with Crippen LogP contribution in [0.4, 0.5) is 0 Å². The Labute approximate surface area is 124 Å². The summed E-state index contributed by atoms with van der Waals surface area (Å²) >= 11 is 0. The lowest BCUT2D eigenvalue weighted by Crippen LogP contribution is -2.28. The predicted octanol–water partition coefficient (Wildman–Crippen LogP) is 4.19. The molecule has 2 aromatic carbocycles. The quantitative estimate of drug-likeness (QED) is 0.563. The number of benzene rings is 2. The van der Waals surface area contributed by atoms with Crippen LogP contribution in [0.3, 0.4) is 0 Å². The van der Waals surface area contributed by atoms with E-state index in [4.69, 9.17) is 0 Å². The van der Waals surface area contributed by atoms with Gasteiger partial charge in [-0.3, -0.25) is 4.79 Å². The van der Waals surface area contributed by atoms with E-state index in [2.05, 4.69) is 30.4 Å². The van der Waals surface area contributed by atoms with Crippen molar-refractivity contribution in [3.8, 4) is 0 Å². The van der Waals surface area contributed by atoms with Crippen molar-refractivity contribution in [3.05, 3.63) is 59.2 Å². The third-order valence-electron chi connectivity index (χ3n) is 6.10. The first-order valence-corrected chi connectivity index (χ1v) is 8.02. The smallest absolute Gasteiger partial charge is 0.150 e. The molecule has 1 saturated carbocycles. The van der Waals surface area contributed by atoms with E-state index in [0.717, 1.165) is 41.9 Å². The number of hydrogen-bond donors (Lipinski definition) is 0. The standard InChI is InChI=1S/C20H18O/c21-11-16-3-1-2-12-4-5-15-9-17-13-6-7-14(8-13)18(17)10-19(15)20(12)16/h1-7,11,13-14,17-18H,8-10H2. The van der Waals surface area contributed by atoms with Crippen molar-refractivity contribution in [3.63, 3.8) is 0 Å². The van der Waals surface area contributed by atoms with E-state index in [1.807, 2.05) is 12.1 Å². The number of aldehydes is 1. The maximum atomic E-state index is 11.5. The fourth-order valence-electron chi connectivity index (χ4n) is 5.17. The van der Waals surface area contributed by atoms with Crippen LogP contribution in [0, 0.1) is 23.7 Å². The van der Waals surface area contributed by atoms with Crippen molar-refractivity contribution in [1.82, 2.24) is 0 Å². The lowest BCUT2D eigenvalue weighted by molar-refractivity contribution is 0.112. The molecule has 0 spiro atoms. The molecular weight excluding hydrogens is 256 g/mol. The van der Waals surface area contributed by atoms with Crippen molar-refractivity contribution in [1.29, 1.82) is 0 Å². The minimum Gasteiger partial charge on any atom is -0.298 e. The lowest BCUT2D eigenvalue weighted by atomic mass is 9.70. The zero-order valence-corrected chi connectivity index (χ0v) is 12.0. The first-order valence-electron chi connectivity index (χ1n) is 8.02. The van der Waals surface area contributed by atoms with Crippen LogP contribution in [0.15, 0.2) is 42.5 Å². The molecule has 4 unspecified atom stereocenters. The number of allylic oxidation sites excluding steroid dienone is 2. The van der Waals surface area contributed by atoms with Crippen molar-refractivity contribution >= 4 is 17.1 Å². The predicted molar refractivity (Wildman–Crippen MR) is 84.5 cm³/mol. The van der Waals surface area contributed by atoms with Crippen LogP contribution in [-0.4, -0.2) is 6.29 Å². The molecule has 5 rings (SSSR count). The zero-order valence-electron chi connectivity index (χ0n) is 12.0. The third-order valence-corrected chi connectivity index (χ3v) is 6.10. The fraction of sp³-hybridized carbons (Fsp3) is 0.350. The topological polar surface area (TPSA) is 17.1 Å². The van der Waals surface area contributed by atoms with Crippen LogP contribution < -0.4 is 0 Å². The second kappa shape index (κ2) is 4.07. The third kappa shape index (κ3) is 1.49. The Morgan fingerprint density at radius 2 is 1.76 bits per heavy atom. The van der Waals surface area contributed by atoms with E-state index in [1.165, 1.54) is 34.7 Å². The summed E-state index contributed by atoms with van der Waals surface area (Å²) in [5.41, 5.74) is 3.80. The minimum absolute atomic E-state index is 0.784. The molecule has 0 heterocycles. The van der Waals surface area contributed by atoms with Gasteiger partial charge in [0, 0.05) is 5.56 Å². The highest BCUT2D eigenvalue weighted by molar-refractivity contribution is 6.00. The van der Waals surface area contributed by atoms with Gasteiger partial charge in [0.1, 0.15) is 0 Å². The second-order valence-electron chi connectivity index (χ2n) is 6.95. The van der Waals surface area contributed by atoms with Crippen LogP contribution in [0.5, 0.6) is 0 Å². The van der Waals surface area contributed by atoms with Crippen molar-refractivity contribution in [2.75, 3.05) is 0 Å². The van der Waals surface area contributed by atoms with Gasteiger partial charge in [0.05, 0.1) is 0 Å². The summed E-state index contributed by atoms with van der Waals surface area (Å²) in [5, 5.41) is 2.44. The summed E-state index contributed by atoms with van der Waals surface area (Å²) in [5.74, 6) is 3.24. The molecule has 1 fully saturated rings. The maximum absolute atomic E-state index is 11.5. The summed E-state index contributed by atoms with van der Waals surface area (Å²) in [6.45, 7) is 0. The van der Waals surface area contributed by atoms with Crippen molar-refractivity contribution in [2.45, 2.75) is 19.3 Å². The van der Waals surface area contributed by atoms with Crippen LogP contribution in [0.2, 0.25) is 0 Å². The van der Waals surface area contributed by atoms with E-state index in [-0.39, 0.29) is 0 Å². The second-order valence-corrected chi connectivity index (χ2v) is 6.95. The van der Waals surface area contributed by atoms with E-state index < -0.39 is 0 Å². The number of hydrogen-bond acceptors (Lipinski definition) is 1. The molecule has 1 heteroatoms. The Morgan fingerprint density at radius 3 is 2.57 bits per heavy atom. The van der Waals surface area contributed by atoms with Crippen LogP contribution >= 0.6 is 0 Å². The van der Waals surface area contributed by atoms with E-state index in [1.54, 1.807) is 0 Å². The van der Waals surface area contributed by atoms with Crippen molar-refractivity contribution in [2.24, 2.45) is 23.7 Å². The zero-order chi connectivity index (χ0) is 14.0. The molecule has 1 nitrogen and oxygen atoms in total. The number of rotatable bonds is 1. The van der Waals surface area contributed by atoms with Gasteiger partial charge >= 0.3 is 0 Å². The highest BCUT2D eigenvalue weighted by atomic mass is 16.1. The highest BCUT2D eigenvalue weighted by Crippen LogP contribution is 2.53. The molecule has 0 aromatic heterocycles. The van der Waals surface area contributed by atoms with Gasteiger partial charge < -0.3 is 0 Å². The van der Waals surface area contributed by atoms with Gasteiger partial charge in [-0.05, 0) is 64.8 Å². The molecular formula is C20H18O. The monoisotopic (exact) mass is 274 g/mol. The lowest BCUT2D eigenvalue weighted by Gasteiger charge is -2.34. The Bertz CT molecular complexity index is 786. The molecule has 0 amide bonds. The molecule has 2 aromatic rings. The average molecular weight is 274 g/mol. The van der Waals surface area contributed by atoms with Gasteiger partial charge in [-0.15, -0.1) is 0 Å². The van der Waals surface area contributed by atoms with E-state index in [9.17, 15) is 4.79 Å². The van der Waals surface area contributed by atoms with Crippen LogP contribution in [-0.2, 0) is 12.8 Å². The Morgan fingerprint density at radius 1 is 0.952 bits per heavy atom. The SMILES string of the molecule is O=Cc1cccc2ccc3c(c12)CC1C2C=CC(C2)C1C3. The Balaban J connectivity index is 1.73. The number of carbonyl (C=O) groups excluding carboxylic acids is 1. The normalized spacial score (nSPS) is 32.2. The largest absolute Gasteiger partial charge is 0.298 e. The van der Waals surface area contributed by atoms with Gasteiger partial charge in [-0.25, -0.2) is 0 Å². The molecule has 104 valence electrons. The average Bonchev–Trinajstić information content (AvgIpc) is 3.14. The van der Waals surface area contributed by atoms with Gasteiger partial charge in [0.25, 0.3) is 0 Å². The maximum Gasteiger partial charge on any atom is 0.150 e. The van der Waals surface area contributed by atoms with E-state index in [0.29, 0.717) is 0 Å². The Kier molecular flexibility index (Phi) is 2.27. The molecule has 0 aliphatic heterocycles. The summed E-state index contributed by atoms with van der Waals surface area (Å²) in [6, 6.07) is 10.6. The molecule has 0 N–H and O–H groups in total. The summed E-state index contributed by atoms with van der Waals surface area (Å²) in [7, 11) is 0. The summed E-state index contributed by atoms with van der Waals surface area (Å²) in [4.78, 5) is 11.5. The van der Waals surface area contributed by atoms with Gasteiger partial charge in [0.15, 0.2) is 6.29 Å². The van der Waals surface area contributed by atoms with Gasteiger partial charge in [-0.1, -0.05) is 42.5 Å². The first kappa shape index (κ1) is 11.7. The Hall–Kier alpha value is -1.89. The highest BCUT2D eigenvalue weighted by Gasteiger charge is 2.46. The summed E-state index contributed by atoms with van der Waals surface area (Å²) < 4.78 is 0. The molecule has 3 aliphatic carbocycles. The molecule has 21 heavy (non-hydrogen) atoms. The molecule has 4 atom stereocenters. The minimum atomic E-state index is 0.784. The number of carbonyl (C=O) groups is 1. The molecule has 0 radical (unpaired) electrons.